The molecule has 4 atom stereocenters. The van der Waals surface area contributed by atoms with Gasteiger partial charge in [-0.15, -0.1) is 0 Å². The molecule has 0 aromatic rings. The van der Waals surface area contributed by atoms with Crippen LogP contribution in [0.5, 0.6) is 0 Å². The molecule has 1 aliphatic heterocycles. The van der Waals surface area contributed by atoms with E-state index in [4.69, 9.17) is 5.84 Å². The van der Waals surface area contributed by atoms with Crippen molar-refractivity contribution in [1.82, 2.24) is 5.01 Å². The third kappa shape index (κ3) is 0.528. The molecule has 1 heterocycles. The number of nitriles is 1. The zero-order valence-electron chi connectivity index (χ0n) is 8.88. The molecule has 2 N–H and O–H groups in total. The summed E-state index contributed by atoms with van der Waals surface area (Å²) in [5, 5.41) is 11.3. The molecule has 76 valence electrons. The van der Waals surface area contributed by atoms with Crippen molar-refractivity contribution in [3.8, 4) is 6.07 Å². The fraction of sp³-hybridized carbons (Fsp3) is 0.909. The molecule has 3 rings (SSSR count). The maximum Gasteiger partial charge on any atom is 0.127 e. The SMILES string of the molecule is C[C@]12CC[C@@H]3C[C@@]1(C#N)N(N)C[C@@]32C. The minimum atomic E-state index is -0.356. The molecule has 0 amide bonds. The van der Waals surface area contributed by atoms with Crippen molar-refractivity contribution >= 4 is 0 Å². The third-order valence-electron chi connectivity index (χ3n) is 5.78. The summed E-state index contributed by atoms with van der Waals surface area (Å²) in [7, 11) is 0. The first-order valence-electron chi connectivity index (χ1n) is 5.44. The van der Waals surface area contributed by atoms with E-state index in [1.165, 1.54) is 12.8 Å². The monoisotopic (exact) mass is 191 g/mol. The number of piperidine rings is 1. The minimum absolute atomic E-state index is 0.133. The van der Waals surface area contributed by atoms with Crippen LogP contribution < -0.4 is 5.84 Å². The van der Waals surface area contributed by atoms with Crippen molar-refractivity contribution in [2.75, 3.05) is 6.54 Å². The van der Waals surface area contributed by atoms with Crippen LogP contribution in [0.15, 0.2) is 0 Å². The van der Waals surface area contributed by atoms with Gasteiger partial charge in [0.25, 0.3) is 0 Å². The zero-order valence-corrected chi connectivity index (χ0v) is 8.88. The summed E-state index contributed by atoms with van der Waals surface area (Å²) in [6.07, 6.45) is 3.46. The Hall–Kier alpha value is -0.590. The fourth-order valence-electron chi connectivity index (χ4n) is 4.57. The molecule has 4 bridgehead atoms. The van der Waals surface area contributed by atoms with Crippen LogP contribution >= 0.6 is 0 Å². The Kier molecular flexibility index (Phi) is 1.24. The van der Waals surface area contributed by atoms with Crippen molar-refractivity contribution in [3.63, 3.8) is 0 Å². The molecule has 3 fully saturated rings. The number of nitrogens with two attached hydrogens (primary N) is 1. The van der Waals surface area contributed by atoms with E-state index in [9.17, 15) is 5.26 Å². The average molecular weight is 191 g/mol. The van der Waals surface area contributed by atoms with Crippen molar-refractivity contribution < 1.29 is 0 Å². The predicted octanol–water partition coefficient (Wildman–Crippen LogP) is 1.26. The van der Waals surface area contributed by atoms with E-state index >= 15 is 0 Å². The molecule has 1 saturated heterocycles. The van der Waals surface area contributed by atoms with Gasteiger partial charge in [-0.05, 0) is 30.6 Å². The maximum atomic E-state index is 9.44. The first kappa shape index (κ1) is 8.70. The molecule has 0 spiro atoms. The molecule has 2 aliphatic carbocycles. The van der Waals surface area contributed by atoms with Crippen LogP contribution in [-0.4, -0.2) is 17.1 Å². The van der Waals surface area contributed by atoms with E-state index in [0.717, 1.165) is 18.9 Å². The quantitative estimate of drug-likeness (QED) is 0.586. The summed E-state index contributed by atoms with van der Waals surface area (Å²) in [6.45, 7) is 5.51. The Morgan fingerprint density at radius 1 is 1.50 bits per heavy atom. The van der Waals surface area contributed by atoms with Gasteiger partial charge >= 0.3 is 0 Å². The highest BCUT2D eigenvalue weighted by molar-refractivity contribution is 5.34. The van der Waals surface area contributed by atoms with Crippen molar-refractivity contribution in [2.24, 2.45) is 22.6 Å². The second-order valence-corrected chi connectivity index (χ2v) is 5.79. The average Bonchev–Trinajstić information content (AvgIpc) is 2.56. The van der Waals surface area contributed by atoms with Gasteiger partial charge in [0, 0.05) is 12.0 Å². The first-order chi connectivity index (χ1) is 6.50. The molecule has 3 aliphatic rings. The lowest BCUT2D eigenvalue weighted by Gasteiger charge is -2.40. The number of hydrogen-bond acceptors (Lipinski definition) is 3. The Bertz CT molecular complexity index is 347. The molecule has 0 unspecified atom stereocenters. The highest BCUT2D eigenvalue weighted by Crippen LogP contribution is 2.74. The molecular formula is C11H17N3. The van der Waals surface area contributed by atoms with Crippen LogP contribution in [0, 0.1) is 28.1 Å². The Morgan fingerprint density at radius 3 is 2.71 bits per heavy atom. The largest absolute Gasteiger partial charge is 0.267 e. The van der Waals surface area contributed by atoms with Gasteiger partial charge in [-0.1, -0.05) is 13.8 Å². The molecule has 3 nitrogen and oxygen atoms in total. The van der Waals surface area contributed by atoms with Gasteiger partial charge in [0.05, 0.1) is 6.07 Å². The molecule has 0 aromatic carbocycles. The molecule has 0 aromatic heterocycles. The third-order valence-corrected chi connectivity index (χ3v) is 5.78. The topological polar surface area (TPSA) is 53.0 Å². The summed E-state index contributed by atoms with van der Waals surface area (Å²) in [5.41, 5.74) is 0.0658. The Labute approximate surface area is 84.8 Å². The van der Waals surface area contributed by atoms with Gasteiger partial charge in [0.1, 0.15) is 5.54 Å². The zero-order chi connectivity index (χ0) is 10.2. The molecule has 14 heavy (non-hydrogen) atoms. The molecule has 3 heteroatoms. The van der Waals surface area contributed by atoms with Gasteiger partial charge in [0.2, 0.25) is 0 Å². The van der Waals surface area contributed by atoms with Crippen LogP contribution in [0.2, 0.25) is 0 Å². The maximum absolute atomic E-state index is 9.44. The van der Waals surface area contributed by atoms with Crippen molar-refractivity contribution in [1.29, 1.82) is 5.26 Å². The summed E-state index contributed by atoms with van der Waals surface area (Å²) >= 11 is 0. The van der Waals surface area contributed by atoms with Gasteiger partial charge in [-0.2, -0.15) is 5.26 Å². The van der Waals surface area contributed by atoms with E-state index in [1.54, 1.807) is 0 Å². The lowest BCUT2D eigenvalue weighted by atomic mass is 9.66. The molecule has 0 radical (unpaired) electrons. The summed E-state index contributed by atoms with van der Waals surface area (Å²) in [4.78, 5) is 0. The predicted molar refractivity (Wildman–Crippen MR) is 52.8 cm³/mol. The van der Waals surface area contributed by atoms with Crippen LogP contribution in [0.25, 0.3) is 0 Å². The smallest absolute Gasteiger partial charge is 0.127 e. The Morgan fingerprint density at radius 2 is 2.21 bits per heavy atom. The standard InChI is InChI=1S/C11H17N3/c1-9-7-14(13)11(6-12)5-8(9)3-4-10(9,11)2/h8H,3-5,7,13H2,1-2H3/t8-,9+,10-,11+/m1/s1. The van der Waals surface area contributed by atoms with Crippen molar-refractivity contribution in [2.45, 2.75) is 38.6 Å². The van der Waals surface area contributed by atoms with E-state index in [-0.39, 0.29) is 16.4 Å². The minimum Gasteiger partial charge on any atom is -0.267 e. The van der Waals surface area contributed by atoms with Gasteiger partial charge in [-0.3, -0.25) is 5.84 Å². The van der Waals surface area contributed by atoms with Crippen LogP contribution in [-0.2, 0) is 0 Å². The lowest BCUT2D eigenvalue weighted by molar-refractivity contribution is 0.0722. The van der Waals surface area contributed by atoms with Crippen molar-refractivity contribution in [3.05, 3.63) is 0 Å². The molecular weight excluding hydrogens is 174 g/mol. The van der Waals surface area contributed by atoms with Gasteiger partial charge in [-0.25, -0.2) is 5.01 Å². The van der Waals surface area contributed by atoms with E-state index in [0.29, 0.717) is 0 Å². The summed E-state index contributed by atoms with van der Waals surface area (Å²) in [6, 6.07) is 2.52. The number of hydrogen-bond donors (Lipinski definition) is 1. The fourth-order valence-corrected chi connectivity index (χ4v) is 4.57. The summed E-state index contributed by atoms with van der Waals surface area (Å²) in [5.74, 6) is 6.76. The van der Waals surface area contributed by atoms with E-state index in [1.807, 2.05) is 5.01 Å². The Balaban J connectivity index is 2.23. The van der Waals surface area contributed by atoms with E-state index < -0.39 is 0 Å². The molecule has 2 saturated carbocycles. The lowest BCUT2D eigenvalue weighted by Crippen LogP contribution is -2.55. The van der Waals surface area contributed by atoms with Crippen LogP contribution in [0.1, 0.15) is 33.1 Å². The van der Waals surface area contributed by atoms with Crippen LogP contribution in [0.4, 0.5) is 0 Å². The second-order valence-electron chi connectivity index (χ2n) is 5.79. The number of hydrazine groups is 1. The highest BCUT2D eigenvalue weighted by Gasteiger charge is 2.77. The van der Waals surface area contributed by atoms with E-state index in [2.05, 4.69) is 19.9 Å². The normalized spacial score (nSPS) is 60.6. The van der Waals surface area contributed by atoms with Gasteiger partial charge in [0.15, 0.2) is 0 Å². The number of rotatable bonds is 0. The first-order valence-corrected chi connectivity index (χ1v) is 5.44. The van der Waals surface area contributed by atoms with Gasteiger partial charge < -0.3 is 0 Å². The highest BCUT2D eigenvalue weighted by atomic mass is 15.5. The second kappa shape index (κ2) is 2.00. The number of nitrogens with zero attached hydrogens (tertiary/aromatic N) is 2. The van der Waals surface area contributed by atoms with Crippen LogP contribution in [0.3, 0.4) is 0 Å². The summed E-state index contributed by atoms with van der Waals surface area (Å²) < 4.78 is 0.